The number of aryl methyl sites for hydroxylation is 2. The third kappa shape index (κ3) is 4.69. The predicted octanol–water partition coefficient (Wildman–Crippen LogP) is 3.78. The first-order valence-corrected chi connectivity index (χ1v) is 11.4. The van der Waals surface area contributed by atoms with Crippen LogP contribution in [-0.4, -0.2) is 57.5 Å². The first-order valence-electron chi connectivity index (χ1n) is 10.4. The number of carbonyl (C=O) groups excluding carboxylic acids is 1. The van der Waals surface area contributed by atoms with E-state index in [-0.39, 0.29) is 5.91 Å². The molecule has 0 N–H and O–H groups in total. The molecule has 0 unspecified atom stereocenters. The Morgan fingerprint density at radius 2 is 2.00 bits per heavy atom. The van der Waals surface area contributed by atoms with Gasteiger partial charge in [-0.05, 0) is 37.6 Å². The third-order valence-corrected chi connectivity index (χ3v) is 6.40. The Morgan fingerprint density at radius 1 is 1.19 bits per heavy atom. The summed E-state index contributed by atoms with van der Waals surface area (Å²) in [6.07, 6.45) is 3.45. The van der Waals surface area contributed by atoms with Crippen LogP contribution in [0.2, 0.25) is 0 Å². The minimum absolute atomic E-state index is 0.128. The van der Waals surface area contributed by atoms with Crippen molar-refractivity contribution in [3.8, 4) is 11.4 Å². The average molecular weight is 438 g/mol. The Labute approximate surface area is 186 Å². The largest absolute Gasteiger partial charge is 0.469 e. The highest BCUT2D eigenvalue weighted by Gasteiger charge is 2.23. The number of piperazine rings is 1. The van der Waals surface area contributed by atoms with Crippen molar-refractivity contribution in [2.45, 2.75) is 25.5 Å². The molecule has 1 aromatic carbocycles. The summed E-state index contributed by atoms with van der Waals surface area (Å²) in [4.78, 5) is 17.1. The fourth-order valence-corrected chi connectivity index (χ4v) is 4.61. The van der Waals surface area contributed by atoms with Crippen molar-refractivity contribution in [1.29, 1.82) is 0 Å². The van der Waals surface area contributed by atoms with E-state index >= 15 is 0 Å². The van der Waals surface area contributed by atoms with Crippen molar-refractivity contribution in [3.63, 3.8) is 0 Å². The SMILES string of the molecule is C=CCn1c(SCC(=O)N2CCN(c3cccc(C)c3)CC2)nnc1-c1ccoc1C. The Morgan fingerprint density at radius 3 is 2.68 bits per heavy atom. The van der Waals surface area contributed by atoms with E-state index < -0.39 is 0 Å². The minimum Gasteiger partial charge on any atom is -0.469 e. The molecule has 0 bridgehead atoms. The van der Waals surface area contributed by atoms with Gasteiger partial charge < -0.3 is 14.2 Å². The standard InChI is InChI=1S/C23H27N5O2S/c1-4-9-28-22(20-8-14-30-18(20)3)24-25-23(28)31-16-21(29)27-12-10-26(11-13-27)19-7-5-6-17(2)15-19/h4-8,14-15H,1,9-13,16H2,2-3H3. The molecule has 3 heterocycles. The lowest BCUT2D eigenvalue weighted by Crippen LogP contribution is -2.49. The number of amides is 1. The van der Waals surface area contributed by atoms with E-state index in [0.29, 0.717) is 17.5 Å². The van der Waals surface area contributed by atoms with Crippen LogP contribution < -0.4 is 4.90 Å². The van der Waals surface area contributed by atoms with Crippen molar-refractivity contribution < 1.29 is 9.21 Å². The van der Waals surface area contributed by atoms with E-state index in [2.05, 4.69) is 52.9 Å². The first kappa shape index (κ1) is 21.2. The number of benzene rings is 1. The van der Waals surface area contributed by atoms with Gasteiger partial charge in [0.1, 0.15) is 5.76 Å². The summed E-state index contributed by atoms with van der Waals surface area (Å²) >= 11 is 1.42. The van der Waals surface area contributed by atoms with Gasteiger partial charge in [0.25, 0.3) is 0 Å². The molecule has 2 aromatic heterocycles. The number of hydrogen-bond donors (Lipinski definition) is 0. The van der Waals surface area contributed by atoms with E-state index in [4.69, 9.17) is 4.42 Å². The van der Waals surface area contributed by atoms with Crippen LogP contribution in [0.1, 0.15) is 11.3 Å². The van der Waals surface area contributed by atoms with Crippen LogP contribution >= 0.6 is 11.8 Å². The molecule has 1 amide bonds. The van der Waals surface area contributed by atoms with Gasteiger partial charge in [0.05, 0.1) is 17.6 Å². The molecule has 1 saturated heterocycles. The maximum absolute atomic E-state index is 12.8. The molecule has 7 nitrogen and oxygen atoms in total. The summed E-state index contributed by atoms with van der Waals surface area (Å²) in [5.41, 5.74) is 3.38. The van der Waals surface area contributed by atoms with Crippen LogP contribution in [0.3, 0.4) is 0 Å². The van der Waals surface area contributed by atoms with E-state index in [1.165, 1.54) is 23.0 Å². The number of carbonyl (C=O) groups is 1. The normalized spacial score (nSPS) is 14.1. The van der Waals surface area contributed by atoms with Crippen molar-refractivity contribution in [2.75, 3.05) is 36.8 Å². The average Bonchev–Trinajstić information content (AvgIpc) is 3.38. The molecule has 162 valence electrons. The molecule has 1 aliphatic heterocycles. The van der Waals surface area contributed by atoms with Gasteiger partial charge in [-0.2, -0.15) is 0 Å². The van der Waals surface area contributed by atoms with Gasteiger partial charge in [-0.25, -0.2) is 0 Å². The Balaban J connectivity index is 1.37. The van der Waals surface area contributed by atoms with Gasteiger partial charge >= 0.3 is 0 Å². The van der Waals surface area contributed by atoms with Crippen molar-refractivity contribution >= 4 is 23.4 Å². The number of furan rings is 1. The summed E-state index contributed by atoms with van der Waals surface area (Å²) in [5, 5.41) is 9.36. The van der Waals surface area contributed by atoms with Crippen molar-refractivity contribution in [3.05, 3.63) is 60.6 Å². The summed E-state index contributed by atoms with van der Waals surface area (Å²) in [6, 6.07) is 10.4. The van der Waals surface area contributed by atoms with Crippen LogP contribution in [0.15, 0.2) is 58.8 Å². The lowest BCUT2D eigenvalue weighted by molar-refractivity contribution is -0.128. The number of anilines is 1. The highest BCUT2D eigenvalue weighted by molar-refractivity contribution is 7.99. The quantitative estimate of drug-likeness (QED) is 0.414. The second-order valence-corrected chi connectivity index (χ2v) is 8.53. The Kier molecular flexibility index (Phi) is 6.46. The molecule has 0 spiro atoms. The molecule has 8 heteroatoms. The Hall–Kier alpha value is -3.00. The van der Waals surface area contributed by atoms with Crippen molar-refractivity contribution in [2.24, 2.45) is 0 Å². The molecule has 31 heavy (non-hydrogen) atoms. The highest BCUT2D eigenvalue weighted by atomic mass is 32.2. The van der Waals surface area contributed by atoms with Gasteiger partial charge in [0, 0.05) is 38.4 Å². The van der Waals surface area contributed by atoms with Crippen LogP contribution in [0.4, 0.5) is 5.69 Å². The zero-order valence-electron chi connectivity index (χ0n) is 18.0. The second kappa shape index (κ2) is 9.43. The van der Waals surface area contributed by atoms with E-state index in [0.717, 1.165) is 43.3 Å². The summed E-state index contributed by atoms with van der Waals surface area (Å²) in [5.74, 6) is 1.98. The van der Waals surface area contributed by atoms with Gasteiger partial charge in [-0.3, -0.25) is 9.36 Å². The summed E-state index contributed by atoms with van der Waals surface area (Å²) in [6.45, 7) is 11.6. The Bertz CT molecular complexity index is 1070. The monoisotopic (exact) mass is 437 g/mol. The molecule has 0 radical (unpaired) electrons. The summed E-state index contributed by atoms with van der Waals surface area (Å²) in [7, 11) is 0. The zero-order valence-corrected chi connectivity index (χ0v) is 18.8. The smallest absolute Gasteiger partial charge is 0.233 e. The van der Waals surface area contributed by atoms with Crippen LogP contribution in [0, 0.1) is 13.8 Å². The lowest BCUT2D eigenvalue weighted by Gasteiger charge is -2.36. The number of rotatable bonds is 7. The highest BCUT2D eigenvalue weighted by Crippen LogP contribution is 2.27. The molecule has 1 fully saturated rings. The van der Waals surface area contributed by atoms with Crippen LogP contribution in [0.25, 0.3) is 11.4 Å². The molecular weight excluding hydrogens is 410 g/mol. The molecule has 0 saturated carbocycles. The summed E-state index contributed by atoms with van der Waals surface area (Å²) < 4.78 is 7.38. The van der Waals surface area contributed by atoms with Crippen molar-refractivity contribution in [1.82, 2.24) is 19.7 Å². The number of nitrogens with zero attached hydrogens (tertiary/aromatic N) is 5. The van der Waals surface area contributed by atoms with Crippen LogP contribution in [0.5, 0.6) is 0 Å². The van der Waals surface area contributed by atoms with E-state index in [1.54, 1.807) is 12.3 Å². The fourth-order valence-electron chi connectivity index (χ4n) is 3.76. The first-order chi connectivity index (χ1) is 15.1. The predicted molar refractivity (Wildman–Crippen MR) is 123 cm³/mol. The van der Waals surface area contributed by atoms with E-state index in [1.807, 2.05) is 22.5 Å². The molecule has 0 atom stereocenters. The molecular formula is C23H27N5O2S. The number of thioether (sulfide) groups is 1. The maximum Gasteiger partial charge on any atom is 0.233 e. The van der Waals surface area contributed by atoms with Gasteiger partial charge in [-0.1, -0.05) is 30.0 Å². The van der Waals surface area contributed by atoms with E-state index in [9.17, 15) is 4.79 Å². The topological polar surface area (TPSA) is 67.4 Å². The molecule has 4 rings (SSSR count). The van der Waals surface area contributed by atoms with Crippen LogP contribution in [-0.2, 0) is 11.3 Å². The van der Waals surface area contributed by atoms with Gasteiger partial charge in [0.15, 0.2) is 11.0 Å². The number of hydrogen-bond acceptors (Lipinski definition) is 6. The molecule has 0 aliphatic carbocycles. The second-order valence-electron chi connectivity index (χ2n) is 7.59. The zero-order chi connectivity index (χ0) is 21.8. The fraction of sp³-hybridized carbons (Fsp3) is 0.348. The number of aromatic nitrogens is 3. The number of allylic oxidation sites excluding steroid dienone is 1. The molecule has 3 aromatic rings. The van der Waals surface area contributed by atoms with Gasteiger partial charge in [-0.15, -0.1) is 16.8 Å². The third-order valence-electron chi connectivity index (χ3n) is 5.45. The van der Waals surface area contributed by atoms with Gasteiger partial charge in [0.2, 0.25) is 5.91 Å². The lowest BCUT2D eigenvalue weighted by atomic mass is 10.2. The maximum atomic E-state index is 12.8. The minimum atomic E-state index is 0.128. The molecule has 1 aliphatic rings.